The van der Waals surface area contributed by atoms with Crippen LogP contribution in [0, 0.1) is 17.8 Å². The molecule has 2 amide bonds. The van der Waals surface area contributed by atoms with Crippen LogP contribution < -0.4 is 4.72 Å². The van der Waals surface area contributed by atoms with Crippen molar-refractivity contribution in [1.29, 1.82) is 0 Å². The number of carbonyl (C=O) groups excluding carboxylic acids is 3. The Hall–Kier alpha value is -1.99. The number of nitrogens with zero attached hydrogens (tertiary/aromatic N) is 3. The third kappa shape index (κ3) is 7.07. The van der Waals surface area contributed by atoms with Gasteiger partial charge in [-0.3, -0.25) is 14.4 Å². The second kappa shape index (κ2) is 12.5. The van der Waals surface area contributed by atoms with Crippen LogP contribution in [0.5, 0.6) is 0 Å². The lowest BCUT2D eigenvalue weighted by Crippen LogP contribution is -2.55. The summed E-state index contributed by atoms with van der Waals surface area (Å²) in [6.07, 6.45) is 5.12. The second-order valence-electron chi connectivity index (χ2n) is 11.2. The van der Waals surface area contributed by atoms with Crippen molar-refractivity contribution >= 4 is 56.8 Å². The summed E-state index contributed by atoms with van der Waals surface area (Å²) in [7, 11) is -3.85. The summed E-state index contributed by atoms with van der Waals surface area (Å²) in [6, 6.07) is 2.63. The van der Waals surface area contributed by atoms with E-state index in [1.165, 1.54) is 22.3 Å². The molecular weight excluding hydrogens is 576 g/mol. The summed E-state index contributed by atoms with van der Waals surface area (Å²) in [5.41, 5.74) is 0. The molecule has 220 valence electrons. The van der Waals surface area contributed by atoms with Crippen molar-refractivity contribution in [1.82, 2.24) is 19.4 Å². The SMILES string of the molecule is CCOC(=O)C1CCN(CC2C3CC3CN2C(=O)CN2CCC[C@H](NS(=O)(=O)/C=C/c3ccc(Cl)s3)C2=O)CC1. The van der Waals surface area contributed by atoms with Crippen LogP contribution in [0.15, 0.2) is 17.5 Å². The third-order valence-corrected chi connectivity index (χ3v) is 10.7. The van der Waals surface area contributed by atoms with E-state index in [2.05, 4.69) is 9.62 Å². The zero-order chi connectivity index (χ0) is 28.4. The summed E-state index contributed by atoms with van der Waals surface area (Å²) < 4.78 is 33.5. The van der Waals surface area contributed by atoms with Gasteiger partial charge < -0.3 is 19.4 Å². The van der Waals surface area contributed by atoms with Crippen LogP contribution in [-0.4, -0.2) is 98.9 Å². The molecule has 3 unspecified atom stereocenters. The first-order valence-corrected chi connectivity index (χ1v) is 16.8. The number of carbonyl (C=O) groups is 3. The highest BCUT2D eigenvalue weighted by atomic mass is 35.5. The molecule has 4 aliphatic rings. The van der Waals surface area contributed by atoms with Gasteiger partial charge in [0, 0.05) is 36.0 Å². The lowest BCUT2D eigenvalue weighted by Gasteiger charge is -2.37. The van der Waals surface area contributed by atoms with Crippen molar-refractivity contribution in [3.63, 3.8) is 0 Å². The number of hydrogen-bond acceptors (Lipinski definition) is 8. The van der Waals surface area contributed by atoms with E-state index >= 15 is 0 Å². The molecule has 0 spiro atoms. The van der Waals surface area contributed by atoms with Gasteiger partial charge >= 0.3 is 5.97 Å². The van der Waals surface area contributed by atoms with Crippen molar-refractivity contribution in [2.24, 2.45) is 17.8 Å². The summed E-state index contributed by atoms with van der Waals surface area (Å²) in [4.78, 5) is 45.2. The Morgan fingerprint density at radius 1 is 1.20 bits per heavy atom. The maximum atomic E-state index is 13.4. The predicted molar refractivity (Wildman–Crippen MR) is 153 cm³/mol. The molecule has 1 N–H and O–H groups in total. The van der Waals surface area contributed by atoms with E-state index in [0.29, 0.717) is 53.6 Å². The normalized spacial score (nSPS) is 27.8. The van der Waals surface area contributed by atoms with Gasteiger partial charge in [0.2, 0.25) is 21.8 Å². The molecule has 40 heavy (non-hydrogen) atoms. The monoisotopic (exact) mass is 612 g/mol. The summed E-state index contributed by atoms with van der Waals surface area (Å²) in [5, 5.41) is 1.04. The zero-order valence-corrected chi connectivity index (χ0v) is 25.1. The number of rotatable bonds is 10. The van der Waals surface area contributed by atoms with Crippen LogP contribution in [0.3, 0.4) is 0 Å². The maximum absolute atomic E-state index is 13.4. The van der Waals surface area contributed by atoms with Gasteiger partial charge in [0.25, 0.3) is 0 Å². The molecule has 13 heteroatoms. The Labute approximate surface area is 244 Å². The highest BCUT2D eigenvalue weighted by molar-refractivity contribution is 7.92. The van der Waals surface area contributed by atoms with Crippen LogP contribution in [-0.2, 0) is 29.1 Å². The van der Waals surface area contributed by atoms with Crippen molar-refractivity contribution < 1.29 is 27.5 Å². The van der Waals surface area contributed by atoms with E-state index in [-0.39, 0.29) is 36.3 Å². The topological polar surface area (TPSA) is 116 Å². The molecule has 0 aromatic carbocycles. The smallest absolute Gasteiger partial charge is 0.309 e. The van der Waals surface area contributed by atoms with Gasteiger partial charge in [0.15, 0.2) is 0 Å². The fourth-order valence-corrected chi connectivity index (χ4v) is 8.31. The Kier molecular flexibility index (Phi) is 9.20. The molecule has 0 radical (unpaired) electrons. The van der Waals surface area contributed by atoms with Gasteiger partial charge in [0.05, 0.1) is 23.4 Å². The van der Waals surface area contributed by atoms with Crippen molar-refractivity contribution in [2.45, 2.75) is 51.1 Å². The first kappa shape index (κ1) is 29.5. The molecule has 5 rings (SSSR count). The number of sulfonamides is 1. The Morgan fingerprint density at radius 3 is 2.67 bits per heavy atom. The van der Waals surface area contributed by atoms with Gasteiger partial charge in [-0.15, -0.1) is 11.3 Å². The highest BCUT2D eigenvalue weighted by Gasteiger charge is 2.54. The highest BCUT2D eigenvalue weighted by Crippen LogP contribution is 2.50. The minimum Gasteiger partial charge on any atom is -0.466 e. The summed E-state index contributed by atoms with van der Waals surface area (Å²) >= 11 is 7.16. The van der Waals surface area contributed by atoms with Gasteiger partial charge in [-0.1, -0.05) is 11.6 Å². The lowest BCUT2D eigenvalue weighted by molar-refractivity contribution is -0.149. The number of halogens is 1. The van der Waals surface area contributed by atoms with E-state index in [1.54, 1.807) is 12.1 Å². The average molecular weight is 613 g/mol. The van der Waals surface area contributed by atoms with Crippen LogP contribution in [0.2, 0.25) is 4.34 Å². The third-order valence-electron chi connectivity index (χ3n) is 8.44. The number of thiophene rings is 1. The van der Waals surface area contributed by atoms with Gasteiger partial charge in [-0.2, -0.15) is 4.72 Å². The van der Waals surface area contributed by atoms with Gasteiger partial charge in [-0.05, 0) is 82.2 Å². The number of hydrogen-bond donors (Lipinski definition) is 1. The first-order valence-electron chi connectivity index (χ1n) is 14.1. The lowest BCUT2D eigenvalue weighted by atomic mass is 9.96. The van der Waals surface area contributed by atoms with Crippen LogP contribution in [0.25, 0.3) is 6.08 Å². The number of nitrogens with one attached hydrogen (secondary N) is 1. The summed E-state index contributed by atoms with van der Waals surface area (Å²) in [5.74, 6) is 0.410. The molecule has 4 atom stereocenters. The van der Waals surface area contributed by atoms with E-state index in [9.17, 15) is 22.8 Å². The van der Waals surface area contributed by atoms with Crippen molar-refractivity contribution in [3.8, 4) is 0 Å². The largest absolute Gasteiger partial charge is 0.466 e. The number of ether oxygens (including phenoxy) is 1. The first-order chi connectivity index (χ1) is 19.1. The number of piperidine rings is 3. The molecule has 1 aliphatic carbocycles. The quantitative estimate of drug-likeness (QED) is 0.403. The fraction of sp³-hybridized carbons (Fsp3) is 0.667. The van der Waals surface area contributed by atoms with Gasteiger partial charge in [-0.25, -0.2) is 8.42 Å². The molecule has 1 saturated carbocycles. The van der Waals surface area contributed by atoms with E-state index in [4.69, 9.17) is 16.3 Å². The van der Waals surface area contributed by atoms with Crippen LogP contribution in [0.1, 0.15) is 43.9 Å². The average Bonchev–Trinajstić information content (AvgIpc) is 3.42. The van der Waals surface area contributed by atoms with E-state index < -0.39 is 16.1 Å². The molecule has 1 aromatic rings. The van der Waals surface area contributed by atoms with Crippen LogP contribution in [0.4, 0.5) is 0 Å². The zero-order valence-electron chi connectivity index (χ0n) is 22.7. The van der Waals surface area contributed by atoms with Crippen molar-refractivity contribution in [3.05, 3.63) is 26.8 Å². The maximum Gasteiger partial charge on any atom is 0.309 e. The standard InChI is InChI=1S/C27H37ClN4O6S2/c1-2-38-27(35)18-7-11-30(12-8-18)16-23-21-14-19(21)15-32(23)25(33)17-31-10-3-4-22(26(31)34)29-40(36,37)13-9-20-5-6-24(28)39-20/h5-6,9,13,18-19,21-23,29H,2-4,7-8,10-12,14-17H2,1H3/b13-9+/t19?,21?,22-,23?/m0/s1. The molecular formula is C27H37ClN4O6S2. The van der Waals surface area contributed by atoms with Crippen molar-refractivity contribution in [2.75, 3.05) is 45.9 Å². The molecule has 3 aliphatic heterocycles. The van der Waals surface area contributed by atoms with E-state index in [1.807, 2.05) is 11.8 Å². The molecule has 4 fully saturated rings. The van der Waals surface area contributed by atoms with Gasteiger partial charge in [0.1, 0.15) is 6.04 Å². The Bertz CT molecular complexity index is 1250. The number of likely N-dealkylation sites (tertiary alicyclic amines) is 3. The number of fused-ring (bicyclic) bond motifs is 1. The molecule has 4 heterocycles. The minimum absolute atomic E-state index is 0.0402. The Balaban J connectivity index is 1.14. The number of esters is 1. The molecule has 10 nitrogen and oxygen atoms in total. The van der Waals surface area contributed by atoms with Crippen LogP contribution >= 0.6 is 22.9 Å². The molecule has 0 bridgehead atoms. The van der Waals surface area contributed by atoms with E-state index in [0.717, 1.165) is 44.3 Å². The summed E-state index contributed by atoms with van der Waals surface area (Å²) in [6.45, 7) is 5.71. The predicted octanol–water partition coefficient (Wildman–Crippen LogP) is 2.40. The Morgan fingerprint density at radius 2 is 1.98 bits per heavy atom. The molecule has 1 aromatic heterocycles. The molecule has 3 saturated heterocycles. The number of amides is 2. The second-order valence-corrected chi connectivity index (χ2v) is 14.5. The minimum atomic E-state index is -3.85. The fourth-order valence-electron chi connectivity index (χ4n) is 6.24.